The molecule has 0 radical (unpaired) electrons. The molecule has 0 bridgehead atoms. The molecule has 0 saturated carbocycles. The number of hydrogen-bond donors (Lipinski definition) is 0. The van der Waals surface area contributed by atoms with E-state index in [0.717, 1.165) is 5.46 Å². The van der Waals surface area contributed by atoms with Gasteiger partial charge in [0.2, 0.25) is 0 Å². The van der Waals surface area contributed by atoms with E-state index in [1.54, 1.807) is 0 Å². The summed E-state index contributed by atoms with van der Waals surface area (Å²) in [6.45, 7) is 8.34. The van der Waals surface area contributed by atoms with Crippen molar-refractivity contribution >= 4 is 45.9 Å². The van der Waals surface area contributed by atoms with Gasteiger partial charge in [0.1, 0.15) is 0 Å². The van der Waals surface area contributed by atoms with E-state index >= 15 is 0 Å². The first-order valence-corrected chi connectivity index (χ1v) is 9.98. The van der Waals surface area contributed by atoms with Gasteiger partial charge in [-0.1, -0.05) is 42.5 Å². The highest BCUT2D eigenvalue weighted by molar-refractivity contribution is 14.1. The summed E-state index contributed by atoms with van der Waals surface area (Å²) in [4.78, 5) is 0. The van der Waals surface area contributed by atoms with Gasteiger partial charge in [-0.05, 0) is 95.8 Å². The lowest BCUT2D eigenvalue weighted by molar-refractivity contribution is 0.00578. The van der Waals surface area contributed by atoms with Gasteiger partial charge in [0.05, 0.1) is 11.2 Å². The van der Waals surface area contributed by atoms with Crippen LogP contribution in [-0.2, 0) is 9.31 Å². The second kappa shape index (κ2) is 6.36. The predicted molar refractivity (Wildman–Crippen MR) is 118 cm³/mol. The zero-order valence-electron chi connectivity index (χ0n) is 15.5. The van der Waals surface area contributed by atoms with Gasteiger partial charge in [0, 0.05) is 3.57 Å². The molecule has 0 aliphatic carbocycles. The Hall–Kier alpha value is -1.37. The third kappa shape index (κ3) is 3.19. The Labute approximate surface area is 169 Å². The number of hydrogen-bond acceptors (Lipinski definition) is 2. The maximum atomic E-state index is 6.20. The van der Waals surface area contributed by atoms with Crippen molar-refractivity contribution in [3.63, 3.8) is 0 Å². The Balaban J connectivity index is 1.72. The SMILES string of the molecule is CC1(C)OB(c2ccc3ccc(-c4ccc(I)cc4)cc3c2)OC1(C)C. The molecule has 3 aromatic carbocycles. The van der Waals surface area contributed by atoms with Gasteiger partial charge in [-0.3, -0.25) is 0 Å². The molecule has 1 heterocycles. The average Bonchev–Trinajstić information content (AvgIpc) is 2.82. The Morgan fingerprint density at radius 2 is 1.27 bits per heavy atom. The topological polar surface area (TPSA) is 18.5 Å². The van der Waals surface area contributed by atoms with Gasteiger partial charge in [0.15, 0.2) is 0 Å². The van der Waals surface area contributed by atoms with Crippen LogP contribution in [0.1, 0.15) is 27.7 Å². The number of rotatable bonds is 2. The summed E-state index contributed by atoms with van der Waals surface area (Å²) in [6, 6.07) is 21.7. The van der Waals surface area contributed by atoms with Gasteiger partial charge < -0.3 is 9.31 Å². The van der Waals surface area contributed by atoms with Crippen LogP contribution in [0.4, 0.5) is 0 Å². The van der Waals surface area contributed by atoms with E-state index in [1.807, 2.05) is 0 Å². The molecule has 0 amide bonds. The van der Waals surface area contributed by atoms with E-state index in [1.165, 1.54) is 25.5 Å². The summed E-state index contributed by atoms with van der Waals surface area (Å²) in [5, 5.41) is 2.42. The predicted octanol–water partition coefficient (Wildman–Crippen LogP) is 5.41. The number of fused-ring (bicyclic) bond motifs is 1. The minimum atomic E-state index is -0.327. The molecule has 0 spiro atoms. The normalized spacial score (nSPS) is 18.4. The minimum Gasteiger partial charge on any atom is -0.399 e. The molecule has 0 unspecified atom stereocenters. The molecule has 0 aromatic heterocycles. The van der Waals surface area contributed by atoms with Crippen LogP contribution in [0.15, 0.2) is 60.7 Å². The number of benzene rings is 3. The summed E-state index contributed by atoms with van der Waals surface area (Å²) in [5.41, 5.74) is 2.87. The molecular formula is C22H22BIO2. The fourth-order valence-electron chi connectivity index (χ4n) is 3.21. The molecular weight excluding hydrogens is 434 g/mol. The molecule has 1 aliphatic heterocycles. The monoisotopic (exact) mass is 456 g/mol. The third-order valence-electron chi connectivity index (χ3n) is 5.57. The van der Waals surface area contributed by atoms with E-state index < -0.39 is 0 Å². The smallest absolute Gasteiger partial charge is 0.399 e. The van der Waals surface area contributed by atoms with E-state index in [2.05, 4.69) is 111 Å². The summed E-state index contributed by atoms with van der Waals surface area (Å²) in [6.07, 6.45) is 0. The van der Waals surface area contributed by atoms with E-state index in [4.69, 9.17) is 9.31 Å². The maximum absolute atomic E-state index is 6.20. The van der Waals surface area contributed by atoms with E-state index in [0.29, 0.717) is 0 Å². The molecule has 2 nitrogen and oxygen atoms in total. The van der Waals surface area contributed by atoms with Crippen LogP contribution in [0.2, 0.25) is 0 Å². The van der Waals surface area contributed by atoms with Crippen LogP contribution in [0.25, 0.3) is 21.9 Å². The summed E-state index contributed by atoms with van der Waals surface area (Å²) >= 11 is 2.33. The van der Waals surface area contributed by atoms with E-state index in [-0.39, 0.29) is 18.3 Å². The lowest BCUT2D eigenvalue weighted by Crippen LogP contribution is -2.41. The zero-order valence-corrected chi connectivity index (χ0v) is 17.7. The lowest BCUT2D eigenvalue weighted by Gasteiger charge is -2.32. The first-order chi connectivity index (χ1) is 12.2. The Bertz CT molecular complexity index is 948. The fourth-order valence-corrected chi connectivity index (χ4v) is 3.57. The summed E-state index contributed by atoms with van der Waals surface area (Å²) in [5.74, 6) is 0. The molecule has 3 aromatic rings. The first kappa shape index (κ1) is 18.0. The Kier molecular flexibility index (Phi) is 4.41. The first-order valence-electron chi connectivity index (χ1n) is 8.90. The minimum absolute atomic E-state index is 0.324. The molecule has 1 aliphatic rings. The summed E-state index contributed by atoms with van der Waals surface area (Å²) in [7, 11) is -0.327. The highest BCUT2D eigenvalue weighted by atomic mass is 127. The van der Waals surface area contributed by atoms with Gasteiger partial charge in [0.25, 0.3) is 0 Å². The Morgan fingerprint density at radius 1 is 0.692 bits per heavy atom. The van der Waals surface area contributed by atoms with Crippen molar-refractivity contribution in [1.29, 1.82) is 0 Å². The van der Waals surface area contributed by atoms with Crippen molar-refractivity contribution in [1.82, 2.24) is 0 Å². The van der Waals surface area contributed by atoms with Crippen molar-refractivity contribution in [3.8, 4) is 11.1 Å². The quantitative estimate of drug-likeness (QED) is 0.380. The maximum Gasteiger partial charge on any atom is 0.494 e. The van der Waals surface area contributed by atoms with Crippen LogP contribution in [0.3, 0.4) is 0 Å². The van der Waals surface area contributed by atoms with Crippen molar-refractivity contribution in [2.24, 2.45) is 0 Å². The molecule has 132 valence electrons. The van der Waals surface area contributed by atoms with Crippen LogP contribution < -0.4 is 5.46 Å². The van der Waals surface area contributed by atoms with Crippen molar-refractivity contribution in [2.45, 2.75) is 38.9 Å². The molecule has 0 atom stereocenters. The van der Waals surface area contributed by atoms with Crippen LogP contribution in [-0.4, -0.2) is 18.3 Å². The second-order valence-electron chi connectivity index (χ2n) is 7.92. The molecule has 4 heteroatoms. The highest BCUT2D eigenvalue weighted by Gasteiger charge is 2.51. The molecule has 1 fully saturated rings. The van der Waals surface area contributed by atoms with Crippen LogP contribution >= 0.6 is 22.6 Å². The average molecular weight is 456 g/mol. The molecule has 4 rings (SSSR count). The van der Waals surface area contributed by atoms with Gasteiger partial charge in [-0.2, -0.15) is 0 Å². The van der Waals surface area contributed by atoms with Gasteiger partial charge in [-0.15, -0.1) is 0 Å². The van der Waals surface area contributed by atoms with Crippen molar-refractivity contribution < 1.29 is 9.31 Å². The fraction of sp³-hybridized carbons (Fsp3) is 0.273. The van der Waals surface area contributed by atoms with Crippen molar-refractivity contribution in [2.75, 3.05) is 0 Å². The molecule has 1 saturated heterocycles. The third-order valence-corrected chi connectivity index (χ3v) is 6.29. The van der Waals surface area contributed by atoms with Crippen LogP contribution in [0, 0.1) is 3.57 Å². The zero-order chi connectivity index (χ0) is 18.5. The standard InChI is InChI=1S/C22H22BIO2/c1-21(2)22(3,4)26-23(25-21)19-10-7-16-5-6-17(13-18(16)14-19)15-8-11-20(24)12-9-15/h5-14H,1-4H3. The van der Waals surface area contributed by atoms with E-state index in [9.17, 15) is 0 Å². The van der Waals surface area contributed by atoms with Gasteiger partial charge >= 0.3 is 7.12 Å². The molecule has 0 N–H and O–H groups in total. The molecule has 26 heavy (non-hydrogen) atoms. The number of halogens is 1. The highest BCUT2D eigenvalue weighted by Crippen LogP contribution is 2.36. The van der Waals surface area contributed by atoms with Gasteiger partial charge in [-0.25, -0.2) is 0 Å². The summed E-state index contributed by atoms with van der Waals surface area (Å²) < 4.78 is 13.7. The van der Waals surface area contributed by atoms with Crippen LogP contribution in [0.5, 0.6) is 0 Å². The van der Waals surface area contributed by atoms with Crippen molar-refractivity contribution in [3.05, 3.63) is 64.2 Å². The Morgan fingerprint density at radius 3 is 1.92 bits per heavy atom. The second-order valence-corrected chi connectivity index (χ2v) is 9.16. The largest absolute Gasteiger partial charge is 0.494 e. The lowest BCUT2D eigenvalue weighted by atomic mass is 9.78.